The number of nitrogens with zero attached hydrogens (tertiary/aromatic N) is 1. The summed E-state index contributed by atoms with van der Waals surface area (Å²) < 4.78 is 22.9. The van der Waals surface area contributed by atoms with E-state index in [-0.39, 0.29) is 30.6 Å². The van der Waals surface area contributed by atoms with Crippen molar-refractivity contribution in [2.24, 2.45) is 0 Å². The molecule has 8 heteroatoms. The molecule has 1 saturated heterocycles. The fraction of sp³-hybridized carbons (Fsp3) is 0.552. The Balaban J connectivity index is 1.73. The van der Waals surface area contributed by atoms with Gasteiger partial charge in [0, 0.05) is 32.7 Å². The normalized spacial score (nSPS) is 16.5. The SMILES string of the molecule is COCCN(CC(CCOC1CCCCO1)c1ccc(Cl)c(Cl)c1)C(=O)Cc1cccc(OC(C)C)c1. The molecule has 37 heavy (non-hydrogen) atoms. The van der Waals surface area contributed by atoms with Crippen LogP contribution in [0.4, 0.5) is 0 Å². The van der Waals surface area contributed by atoms with Crippen molar-refractivity contribution in [1.82, 2.24) is 4.90 Å². The number of rotatable bonds is 14. The summed E-state index contributed by atoms with van der Waals surface area (Å²) in [5.41, 5.74) is 1.93. The Labute approximate surface area is 231 Å². The van der Waals surface area contributed by atoms with Gasteiger partial charge in [-0.15, -0.1) is 0 Å². The summed E-state index contributed by atoms with van der Waals surface area (Å²) in [6.45, 7) is 6.68. The molecule has 204 valence electrons. The quantitative estimate of drug-likeness (QED) is 0.267. The van der Waals surface area contributed by atoms with E-state index in [0.717, 1.165) is 42.7 Å². The van der Waals surface area contributed by atoms with Crippen molar-refractivity contribution in [2.45, 2.75) is 64.3 Å². The maximum atomic E-state index is 13.5. The van der Waals surface area contributed by atoms with Crippen molar-refractivity contribution in [3.05, 3.63) is 63.6 Å². The number of hydrogen-bond acceptors (Lipinski definition) is 5. The molecule has 0 N–H and O–H groups in total. The third kappa shape index (κ3) is 10.1. The van der Waals surface area contributed by atoms with Crippen LogP contribution < -0.4 is 4.74 Å². The van der Waals surface area contributed by atoms with Crippen LogP contribution in [0.3, 0.4) is 0 Å². The molecule has 2 aromatic carbocycles. The van der Waals surface area contributed by atoms with Gasteiger partial charge in [0.1, 0.15) is 5.75 Å². The molecule has 0 aliphatic carbocycles. The summed E-state index contributed by atoms with van der Waals surface area (Å²) in [6, 6.07) is 13.4. The fourth-order valence-corrected chi connectivity index (χ4v) is 4.69. The van der Waals surface area contributed by atoms with E-state index in [1.807, 2.05) is 55.1 Å². The number of carbonyl (C=O) groups excluding carboxylic acids is 1. The van der Waals surface area contributed by atoms with Crippen LogP contribution in [-0.4, -0.2) is 63.2 Å². The zero-order valence-corrected chi connectivity index (χ0v) is 23.6. The van der Waals surface area contributed by atoms with Gasteiger partial charge in [0.25, 0.3) is 0 Å². The maximum absolute atomic E-state index is 13.5. The van der Waals surface area contributed by atoms with Crippen LogP contribution in [0.2, 0.25) is 10.0 Å². The largest absolute Gasteiger partial charge is 0.491 e. The molecule has 1 amide bonds. The molecule has 1 fully saturated rings. The van der Waals surface area contributed by atoms with E-state index in [9.17, 15) is 4.79 Å². The number of amides is 1. The lowest BCUT2D eigenvalue weighted by Crippen LogP contribution is -2.38. The van der Waals surface area contributed by atoms with Crippen LogP contribution >= 0.6 is 23.2 Å². The Bertz CT molecular complexity index is 981. The lowest BCUT2D eigenvalue weighted by atomic mass is 9.95. The van der Waals surface area contributed by atoms with Gasteiger partial charge in [-0.1, -0.05) is 41.4 Å². The third-order valence-electron chi connectivity index (χ3n) is 6.31. The van der Waals surface area contributed by atoms with Crippen molar-refractivity contribution in [2.75, 3.05) is 40.0 Å². The van der Waals surface area contributed by atoms with Crippen LogP contribution in [0.1, 0.15) is 56.6 Å². The Morgan fingerprint density at radius 1 is 1.11 bits per heavy atom. The van der Waals surface area contributed by atoms with Gasteiger partial charge >= 0.3 is 0 Å². The Morgan fingerprint density at radius 2 is 1.95 bits per heavy atom. The van der Waals surface area contributed by atoms with Crippen molar-refractivity contribution in [1.29, 1.82) is 0 Å². The fourth-order valence-electron chi connectivity index (χ4n) is 4.39. The highest BCUT2D eigenvalue weighted by Gasteiger charge is 2.23. The topological polar surface area (TPSA) is 57.2 Å². The minimum absolute atomic E-state index is 0.00905. The zero-order chi connectivity index (χ0) is 26.6. The molecular weight excluding hydrogens is 513 g/mol. The van der Waals surface area contributed by atoms with Gasteiger partial charge in [0.05, 0.1) is 35.8 Å². The zero-order valence-electron chi connectivity index (χ0n) is 22.1. The van der Waals surface area contributed by atoms with Gasteiger partial charge in [-0.2, -0.15) is 0 Å². The van der Waals surface area contributed by atoms with E-state index in [0.29, 0.717) is 42.8 Å². The first kappa shape index (κ1) is 29.7. The first-order valence-electron chi connectivity index (χ1n) is 13.1. The molecule has 0 spiro atoms. The van der Waals surface area contributed by atoms with E-state index in [1.54, 1.807) is 13.2 Å². The van der Waals surface area contributed by atoms with E-state index in [1.165, 1.54) is 0 Å². The van der Waals surface area contributed by atoms with E-state index >= 15 is 0 Å². The average Bonchev–Trinajstić information content (AvgIpc) is 2.87. The summed E-state index contributed by atoms with van der Waals surface area (Å²) >= 11 is 12.5. The van der Waals surface area contributed by atoms with Gasteiger partial charge in [0.2, 0.25) is 5.91 Å². The minimum atomic E-state index is -0.158. The predicted octanol–water partition coefficient (Wildman–Crippen LogP) is 6.52. The summed E-state index contributed by atoms with van der Waals surface area (Å²) in [4.78, 5) is 15.4. The highest BCUT2D eigenvalue weighted by Crippen LogP contribution is 2.29. The second kappa shape index (κ2) is 15.6. The minimum Gasteiger partial charge on any atom is -0.491 e. The number of halogens is 2. The highest BCUT2D eigenvalue weighted by atomic mass is 35.5. The number of hydrogen-bond donors (Lipinski definition) is 0. The molecule has 0 bridgehead atoms. The molecule has 2 unspecified atom stereocenters. The van der Waals surface area contributed by atoms with Crippen LogP contribution in [0.15, 0.2) is 42.5 Å². The number of methoxy groups -OCH3 is 1. The molecular formula is C29H39Cl2NO5. The Morgan fingerprint density at radius 3 is 2.65 bits per heavy atom. The molecule has 0 radical (unpaired) electrons. The standard InChI is InChI=1S/C29H39Cl2NO5/c1-21(2)37-25-8-6-7-22(17-25)18-28(33)32(13-16-34-3)20-24(23-10-11-26(30)27(31)19-23)12-15-36-29-9-4-5-14-35-29/h6-8,10-11,17,19,21,24,29H,4-5,9,12-16,18,20H2,1-3H3. The lowest BCUT2D eigenvalue weighted by molar-refractivity contribution is -0.163. The van der Waals surface area contributed by atoms with Crippen LogP contribution in [0.25, 0.3) is 0 Å². The Hall–Kier alpha value is -1.83. The third-order valence-corrected chi connectivity index (χ3v) is 7.05. The summed E-state index contributed by atoms with van der Waals surface area (Å²) in [5.74, 6) is 0.801. The first-order chi connectivity index (χ1) is 17.9. The second-order valence-electron chi connectivity index (χ2n) is 9.65. The molecule has 1 aliphatic rings. The molecule has 6 nitrogen and oxygen atoms in total. The number of benzene rings is 2. The van der Waals surface area contributed by atoms with Crippen LogP contribution in [-0.2, 0) is 25.4 Å². The van der Waals surface area contributed by atoms with E-state index in [2.05, 4.69) is 0 Å². The van der Waals surface area contributed by atoms with E-state index in [4.69, 9.17) is 42.1 Å². The lowest BCUT2D eigenvalue weighted by Gasteiger charge is -2.29. The average molecular weight is 553 g/mol. The molecule has 0 aromatic heterocycles. The summed E-state index contributed by atoms with van der Waals surface area (Å²) in [7, 11) is 1.64. The number of ether oxygens (including phenoxy) is 4. The van der Waals surface area contributed by atoms with Gasteiger partial charge in [-0.05, 0) is 74.9 Å². The predicted molar refractivity (Wildman–Crippen MR) is 148 cm³/mol. The molecule has 0 saturated carbocycles. The first-order valence-corrected chi connectivity index (χ1v) is 13.8. The van der Waals surface area contributed by atoms with Gasteiger partial charge < -0.3 is 23.8 Å². The van der Waals surface area contributed by atoms with Crippen molar-refractivity contribution in [3.63, 3.8) is 0 Å². The second-order valence-corrected chi connectivity index (χ2v) is 10.5. The van der Waals surface area contributed by atoms with Gasteiger partial charge in [-0.25, -0.2) is 0 Å². The smallest absolute Gasteiger partial charge is 0.227 e. The van der Waals surface area contributed by atoms with Crippen molar-refractivity contribution < 1.29 is 23.7 Å². The molecule has 2 aromatic rings. The van der Waals surface area contributed by atoms with Crippen molar-refractivity contribution >= 4 is 29.1 Å². The number of carbonyl (C=O) groups is 1. The van der Waals surface area contributed by atoms with E-state index < -0.39 is 0 Å². The summed E-state index contributed by atoms with van der Waals surface area (Å²) in [6.07, 6.45) is 4.01. The summed E-state index contributed by atoms with van der Waals surface area (Å²) in [5, 5.41) is 1.00. The van der Waals surface area contributed by atoms with Gasteiger partial charge in [0.15, 0.2) is 6.29 Å². The highest BCUT2D eigenvalue weighted by molar-refractivity contribution is 6.42. The van der Waals surface area contributed by atoms with Crippen molar-refractivity contribution in [3.8, 4) is 5.75 Å². The molecule has 1 heterocycles. The molecule has 3 rings (SSSR count). The monoisotopic (exact) mass is 551 g/mol. The van der Waals surface area contributed by atoms with Crippen LogP contribution in [0, 0.1) is 0 Å². The maximum Gasteiger partial charge on any atom is 0.227 e. The molecule has 2 atom stereocenters. The van der Waals surface area contributed by atoms with Crippen LogP contribution in [0.5, 0.6) is 5.75 Å². The Kier molecular flexibility index (Phi) is 12.5. The molecule has 1 aliphatic heterocycles. The van der Waals surface area contributed by atoms with Gasteiger partial charge in [-0.3, -0.25) is 4.79 Å².